The normalized spacial score (nSPS) is 26.6. The van der Waals surface area contributed by atoms with Crippen molar-refractivity contribution in [3.05, 3.63) is 29.6 Å². The number of halogens is 3. The average molecular weight is 382 g/mol. The maximum atomic E-state index is 12.6. The summed E-state index contributed by atoms with van der Waals surface area (Å²) in [5.74, 6) is 0. The van der Waals surface area contributed by atoms with Gasteiger partial charge in [0.15, 0.2) is 0 Å². The third kappa shape index (κ3) is 3.11. The van der Waals surface area contributed by atoms with Crippen molar-refractivity contribution in [1.82, 2.24) is 4.98 Å². The number of hydrogen-bond acceptors (Lipinski definition) is 6. The van der Waals surface area contributed by atoms with Gasteiger partial charge >= 0.3 is 16.5 Å². The number of nitrogens with zero attached hydrogens (tertiary/aromatic N) is 2. The second-order valence-electron chi connectivity index (χ2n) is 6.71. The van der Waals surface area contributed by atoms with E-state index in [1.54, 1.807) is 0 Å². The van der Waals surface area contributed by atoms with Gasteiger partial charge in [-0.05, 0) is 32.4 Å². The van der Waals surface area contributed by atoms with Crippen molar-refractivity contribution in [3.63, 3.8) is 0 Å². The lowest BCUT2D eigenvalue weighted by Crippen LogP contribution is -2.72. The molecule has 1 saturated heterocycles. The number of hydrogen-bond donors (Lipinski definition) is 0. The monoisotopic (exact) mass is 382 g/mol. The molecule has 1 fully saturated rings. The molecule has 1 unspecified atom stereocenters. The summed E-state index contributed by atoms with van der Waals surface area (Å²) in [4.78, 5) is 15.1. The standard InChI is InChI=1S/C14H17F3N2O5S/c1-13(2,3)19(12(20)21)10(8-24-25(19,22)23)6-9-4-5-11(18-7-9)14(15,16)17/h4-5,7,10H,6,8H2,1-3H3/t10-,19?/m0/s1. The Kier molecular flexibility index (Phi) is 4.64. The predicted octanol–water partition coefficient (Wildman–Crippen LogP) is 1.25. The fraction of sp³-hybridized carbons (Fsp3) is 0.571. The van der Waals surface area contributed by atoms with E-state index in [1.807, 2.05) is 0 Å². The van der Waals surface area contributed by atoms with Crippen LogP contribution in [-0.4, -0.2) is 41.6 Å². The van der Waals surface area contributed by atoms with Crippen molar-refractivity contribution in [1.29, 1.82) is 0 Å². The molecule has 0 aromatic carbocycles. The number of aromatic nitrogens is 1. The Balaban J connectivity index is 2.43. The van der Waals surface area contributed by atoms with E-state index in [2.05, 4.69) is 4.98 Å². The molecule has 140 valence electrons. The summed E-state index contributed by atoms with van der Waals surface area (Å²) in [7, 11) is -4.53. The predicted molar refractivity (Wildman–Crippen MR) is 77.0 cm³/mol. The van der Waals surface area contributed by atoms with Crippen LogP contribution in [-0.2, 0) is 27.1 Å². The summed E-state index contributed by atoms with van der Waals surface area (Å²) in [5, 5.41) is 11.8. The lowest BCUT2D eigenvalue weighted by atomic mass is 9.99. The number of pyridine rings is 1. The van der Waals surface area contributed by atoms with Gasteiger partial charge in [-0.2, -0.15) is 13.2 Å². The highest BCUT2D eigenvalue weighted by atomic mass is 32.2. The molecule has 1 aliphatic rings. The largest absolute Gasteiger partial charge is 0.497 e. The second-order valence-corrected chi connectivity index (χ2v) is 8.38. The molecule has 2 heterocycles. The Morgan fingerprint density at radius 3 is 2.36 bits per heavy atom. The molecule has 2 atom stereocenters. The molecule has 2 rings (SSSR count). The van der Waals surface area contributed by atoms with Gasteiger partial charge in [-0.15, -0.1) is 12.3 Å². The number of quaternary nitrogens is 1. The summed E-state index contributed by atoms with van der Waals surface area (Å²) in [6, 6.07) is 0.797. The highest BCUT2D eigenvalue weighted by Crippen LogP contribution is 2.40. The topological polar surface area (TPSA) is 96.4 Å². The third-order valence-electron chi connectivity index (χ3n) is 4.13. The Morgan fingerprint density at radius 1 is 1.36 bits per heavy atom. The summed E-state index contributed by atoms with van der Waals surface area (Å²) in [5.41, 5.74) is -2.16. The van der Waals surface area contributed by atoms with E-state index >= 15 is 0 Å². The Morgan fingerprint density at radius 2 is 1.96 bits per heavy atom. The van der Waals surface area contributed by atoms with Gasteiger partial charge in [-0.25, -0.2) is 4.18 Å². The first kappa shape index (κ1) is 19.6. The zero-order valence-electron chi connectivity index (χ0n) is 13.7. The molecule has 1 aromatic heterocycles. The lowest BCUT2D eigenvalue weighted by molar-refractivity contribution is -0.824. The average Bonchev–Trinajstić information content (AvgIpc) is 2.69. The molecule has 0 saturated carbocycles. The number of rotatable bonds is 2. The van der Waals surface area contributed by atoms with Crippen LogP contribution in [0.5, 0.6) is 0 Å². The molecule has 1 amide bonds. The molecule has 0 N–H and O–H groups in total. The van der Waals surface area contributed by atoms with Crippen molar-refractivity contribution in [3.8, 4) is 0 Å². The summed E-state index contributed by atoms with van der Waals surface area (Å²) in [6.45, 7) is 3.81. The van der Waals surface area contributed by atoms with E-state index in [0.717, 1.165) is 18.3 Å². The van der Waals surface area contributed by atoms with Crippen molar-refractivity contribution in [2.45, 2.75) is 44.9 Å². The van der Waals surface area contributed by atoms with Crippen molar-refractivity contribution in [2.75, 3.05) is 6.61 Å². The number of amides is 1. The minimum atomic E-state index is -4.60. The molecule has 0 aliphatic carbocycles. The molecule has 0 spiro atoms. The van der Waals surface area contributed by atoms with Gasteiger partial charge in [-0.3, -0.25) is 4.98 Å². The summed E-state index contributed by atoms with van der Waals surface area (Å²) < 4.78 is 65.6. The van der Waals surface area contributed by atoms with Crippen molar-refractivity contribution in [2.24, 2.45) is 0 Å². The van der Waals surface area contributed by atoms with Crippen LogP contribution in [0.3, 0.4) is 0 Å². The van der Waals surface area contributed by atoms with Gasteiger partial charge in [0.25, 0.3) is 6.09 Å². The Bertz CT molecular complexity index is 771. The van der Waals surface area contributed by atoms with E-state index in [1.165, 1.54) is 20.8 Å². The molecule has 7 nitrogen and oxygen atoms in total. The lowest BCUT2D eigenvalue weighted by Gasteiger charge is -2.44. The van der Waals surface area contributed by atoms with E-state index in [-0.39, 0.29) is 12.0 Å². The molecule has 11 heteroatoms. The summed E-state index contributed by atoms with van der Waals surface area (Å²) >= 11 is 0. The number of alkyl halides is 3. The fourth-order valence-corrected chi connectivity index (χ4v) is 4.95. The molecule has 0 radical (unpaired) electrons. The van der Waals surface area contributed by atoms with E-state index in [0.29, 0.717) is 0 Å². The quantitative estimate of drug-likeness (QED) is 0.714. The van der Waals surface area contributed by atoms with Crippen LogP contribution in [0.15, 0.2) is 18.3 Å². The molecular formula is C14H17F3N2O5S. The first-order valence-electron chi connectivity index (χ1n) is 7.25. The SMILES string of the molecule is CC(C)(C)[N+]1(C(=O)[O-])[C@@H](Cc2ccc(C(F)(F)F)nc2)COS1(=O)=O. The van der Waals surface area contributed by atoms with Crippen LogP contribution in [0.1, 0.15) is 32.0 Å². The van der Waals surface area contributed by atoms with Gasteiger partial charge < -0.3 is 9.90 Å². The highest BCUT2D eigenvalue weighted by Gasteiger charge is 2.64. The van der Waals surface area contributed by atoms with Crippen molar-refractivity contribution < 1.29 is 39.6 Å². The zero-order chi connectivity index (χ0) is 19.3. The molecule has 1 aromatic rings. The number of carboxylic acid groups (broad SMARTS) is 1. The minimum absolute atomic E-state index is 0.157. The van der Waals surface area contributed by atoms with Crippen LogP contribution in [0.2, 0.25) is 0 Å². The van der Waals surface area contributed by atoms with E-state index in [4.69, 9.17) is 4.18 Å². The first-order chi connectivity index (χ1) is 11.2. The third-order valence-corrected chi connectivity index (χ3v) is 6.26. The van der Waals surface area contributed by atoms with Crippen LogP contribution in [0.4, 0.5) is 18.0 Å². The fourth-order valence-electron chi connectivity index (χ4n) is 3.11. The van der Waals surface area contributed by atoms with Crippen LogP contribution >= 0.6 is 0 Å². The number of carbonyl (C=O) groups excluding carboxylic acids is 1. The van der Waals surface area contributed by atoms with Gasteiger partial charge in [0.05, 0.1) is 0 Å². The van der Waals surface area contributed by atoms with Gasteiger partial charge in [-0.1, -0.05) is 6.07 Å². The van der Waals surface area contributed by atoms with Crippen LogP contribution in [0.25, 0.3) is 0 Å². The smallest absolute Gasteiger partial charge is 0.442 e. The van der Waals surface area contributed by atoms with Crippen molar-refractivity contribution >= 4 is 16.4 Å². The Labute approximate surface area is 142 Å². The van der Waals surface area contributed by atoms with Gasteiger partial charge in [0, 0.05) is 12.6 Å². The maximum Gasteiger partial charge on any atom is 0.442 e. The van der Waals surface area contributed by atoms with E-state index in [9.17, 15) is 31.5 Å². The highest BCUT2D eigenvalue weighted by molar-refractivity contribution is 7.81. The zero-order valence-corrected chi connectivity index (χ0v) is 14.5. The van der Waals surface area contributed by atoms with Gasteiger partial charge in [0.2, 0.25) is 0 Å². The summed E-state index contributed by atoms with van der Waals surface area (Å²) in [6.07, 6.45) is -5.67. The molecule has 25 heavy (non-hydrogen) atoms. The molecule has 0 bridgehead atoms. The van der Waals surface area contributed by atoms with E-state index < -0.39 is 50.3 Å². The minimum Gasteiger partial charge on any atom is -0.497 e. The number of carbonyl (C=O) groups is 1. The maximum absolute atomic E-state index is 12.6. The Hall–Kier alpha value is -1.72. The van der Waals surface area contributed by atoms with Gasteiger partial charge in [0.1, 0.15) is 23.9 Å². The second kappa shape index (κ2) is 5.92. The first-order valence-corrected chi connectivity index (χ1v) is 8.62. The molecular weight excluding hydrogens is 365 g/mol. The van der Waals surface area contributed by atoms with Crippen LogP contribution in [0, 0.1) is 0 Å². The van der Waals surface area contributed by atoms with Crippen LogP contribution < -0.4 is 5.11 Å². The molecule has 1 aliphatic heterocycles.